The highest BCUT2D eigenvalue weighted by Crippen LogP contribution is 2.24. The molecule has 1 saturated heterocycles. The number of nitrogens with zero attached hydrogens (tertiary/aromatic N) is 1. The van der Waals surface area contributed by atoms with Crippen molar-refractivity contribution in [3.8, 4) is 0 Å². The van der Waals surface area contributed by atoms with E-state index in [1.807, 2.05) is 0 Å². The number of carbonyl (C=O) groups is 3. The second kappa shape index (κ2) is 5.43. The number of hydrogen-bond donors (Lipinski definition) is 2. The van der Waals surface area contributed by atoms with Gasteiger partial charge in [-0.3, -0.25) is 19.7 Å². The summed E-state index contributed by atoms with van der Waals surface area (Å²) in [5, 5.41) is 4.78. The van der Waals surface area contributed by atoms with E-state index in [1.54, 1.807) is 0 Å². The Labute approximate surface area is 132 Å². The van der Waals surface area contributed by atoms with E-state index in [9.17, 15) is 22.8 Å². The number of anilines is 1. The van der Waals surface area contributed by atoms with E-state index in [-0.39, 0.29) is 11.1 Å². The Bertz CT molecular complexity index is 818. The van der Waals surface area contributed by atoms with Crippen LogP contribution in [0.15, 0.2) is 18.2 Å². The lowest BCUT2D eigenvalue weighted by molar-refractivity contribution is -0.119. The molecule has 9 heteroatoms. The Morgan fingerprint density at radius 1 is 1.26 bits per heavy atom. The van der Waals surface area contributed by atoms with Gasteiger partial charge in [-0.1, -0.05) is 0 Å². The van der Waals surface area contributed by atoms with Crippen LogP contribution in [0, 0.1) is 0 Å². The molecule has 2 aliphatic heterocycles. The lowest BCUT2D eigenvalue weighted by Crippen LogP contribution is -2.42. The van der Waals surface area contributed by atoms with Crippen LogP contribution in [0.25, 0.3) is 0 Å². The number of nitrogens with one attached hydrogen (secondary N) is 2. The van der Waals surface area contributed by atoms with Crippen LogP contribution in [0.2, 0.25) is 0 Å². The molecule has 3 amide bonds. The number of benzene rings is 1. The van der Waals surface area contributed by atoms with Crippen molar-refractivity contribution in [2.24, 2.45) is 0 Å². The molecule has 0 spiro atoms. The predicted octanol–water partition coefficient (Wildman–Crippen LogP) is -0.0673. The average molecular weight is 337 g/mol. The van der Waals surface area contributed by atoms with Gasteiger partial charge in [0.15, 0.2) is 0 Å². The van der Waals surface area contributed by atoms with Crippen molar-refractivity contribution in [1.29, 1.82) is 0 Å². The smallest absolute Gasteiger partial charge is 0.259 e. The quantitative estimate of drug-likeness (QED) is 0.750. The molecule has 8 nitrogen and oxygen atoms in total. The van der Waals surface area contributed by atoms with Crippen molar-refractivity contribution in [1.82, 2.24) is 9.62 Å². The molecule has 0 saturated carbocycles. The minimum absolute atomic E-state index is 0.194. The molecule has 0 radical (unpaired) electrons. The standard InChI is InChI=1S/C14H15N3O5S/c1-23(21,22)17-6-2-3-11(17)14(20)15-8-4-5-9-10(7-8)13(19)16-12(9)18/h4-5,7,11H,2-3,6H2,1H3,(H,15,20)(H,16,18,19). The number of sulfonamides is 1. The maximum absolute atomic E-state index is 12.3. The second-order valence-electron chi connectivity index (χ2n) is 5.56. The van der Waals surface area contributed by atoms with E-state index in [1.165, 1.54) is 22.5 Å². The number of rotatable bonds is 3. The van der Waals surface area contributed by atoms with Crippen LogP contribution in [0.1, 0.15) is 33.6 Å². The lowest BCUT2D eigenvalue weighted by atomic mass is 10.1. The van der Waals surface area contributed by atoms with Crippen LogP contribution in [0.3, 0.4) is 0 Å². The van der Waals surface area contributed by atoms with E-state index in [0.717, 1.165) is 6.26 Å². The fourth-order valence-corrected chi connectivity index (χ4v) is 3.99. The summed E-state index contributed by atoms with van der Waals surface area (Å²) in [4.78, 5) is 35.4. The molecule has 0 aromatic heterocycles. The Morgan fingerprint density at radius 3 is 2.65 bits per heavy atom. The Morgan fingerprint density at radius 2 is 1.96 bits per heavy atom. The number of imide groups is 1. The molecule has 0 aliphatic carbocycles. The zero-order chi connectivity index (χ0) is 16.8. The van der Waals surface area contributed by atoms with Crippen molar-refractivity contribution in [2.45, 2.75) is 18.9 Å². The molecule has 1 aromatic rings. The summed E-state index contributed by atoms with van der Waals surface area (Å²) in [7, 11) is -3.45. The van der Waals surface area contributed by atoms with Gasteiger partial charge in [0.25, 0.3) is 11.8 Å². The molecule has 2 aliphatic rings. The summed E-state index contributed by atoms with van der Waals surface area (Å²) in [6, 6.07) is 3.62. The van der Waals surface area contributed by atoms with Crippen LogP contribution in [0.5, 0.6) is 0 Å². The van der Waals surface area contributed by atoms with E-state index in [0.29, 0.717) is 25.1 Å². The summed E-state index contributed by atoms with van der Waals surface area (Å²) >= 11 is 0. The number of carbonyl (C=O) groups excluding carboxylic acids is 3. The molecule has 23 heavy (non-hydrogen) atoms. The largest absolute Gasteiger partial charge is 0.325 e. The highest BCUT2D eigenvalue weighted by Gasteiger charge is 2.36. The molecule has 122 valence electrons. The van der Waals surface area contributed by atoms with E-state index in [2.05, 4.69) is 10.6 Å². The molecule has 1 fully saturated rings. The molecule has 1 unspecified atom stereocenters. The zero-order valence-electron chi connectivity index (χ0n) is 12.3. The summed E-state index contributed by atoms with van der Waals surface area (Å²) in [5.41, 5.74) is 0.796. The molecule has 2 heterocycles. The molecular weight excluding hydrogens is 322 g/mol. The normalized spacial score (nSPS) is 21.2. The highest BCUT2D eigenvalue weighted by atomic mass is 32.2. The van der Waals surface area contributed by atoms with Gasteiger partial charge in [-0.2, -0.15) is 4.31 Å². The van der Waals surface area contributed by atoms with Gasteiger partial charge in [0.1, 0.15) is 6.04 Å². The first-order chi connectivity index (χ1) is 10.8. The van der Waals surface area contributed by atoms with Crippen molar-refractivity contribution in [2.75, 3.05) is 18.1 Å². The predicted molar refractivity (Wildman–Crippen MR) is 81.4 cm³/mol. The molecule has 3 rings (SSSR count). The first kappa shape index (κ1) is 15.6. The fourth-order valence-electron chi connectivity index (χ4n) is 2.87. The third-order valence-electron chi connectivity index (χ3n) is 3.94. The van der Waals surface area contributed by atoms with Crippen molar-refractivity contribution < 1.29 is 22.8 Å². The van der Waals surface area contributed by atoms with Crippen LogP contribution in [0.4, 0.5) is 5.69 Å². The van der Waals surface area contributed by atoms with Crippen LogP contribution in [-0.4, -0.2) is 49.3 Å². The SMILES string of the molecule is CS(=O)(=O)N1CCCC1C(=O)Nc1ccc2c(c1)C(=O)NC2=O. The monoisotopic (exact) mass is 337 g/mol. The van der Waals surface area contributed by atoms with Gasteiger partial charge in [-0.05, 0) is 31.0 Å². The summed E-state index contributed by atoms with van der Waals surface area (Å²) in [6.45, 7) is 0.317. The Hall–Kier alpha value is -2.26. The molecule has 0 bridgehead atoms. The van der Waals surface area contributed by atoms with E-state index < -0.39 is 33.8 Å². The minimum Gasteiger partial charge on any atom is -0.325 e. The lowest BCUT2D eigenvalue weighted by Gasteiger charge is -2.21. The zero-order valence-corrected chi connectivity index (χ0v) is 13.1. The van der Waals surface area contributed by atoms with E-state index in [4.69, 9.17) is 0 Å². The average Bonchev–Trinajstić information content (AvgIpc) is 3.05. The maximum Gasteiger partial charge on any atom is 0.259 e. The summed E-state index contributed by atoms with van der Waals surface area (Å²) in [6.07, 6.45) is 2.14. The molecule has 2 N–H and O–H groups in total. The maximum atomic E-state index is 12.3. The van der Waals surface area contributed by atoms with Gasteiger partial charge in [-0.25, -0.2) is 8.42 Å². The molecule has 1 atom stereocenters. The van der Waals surface area contributed by atoms with Crippen molar-refractivity contribution in [3.05, 3.63) is 29.3 Å². The second-order valence-corrected chi connectivity index (χ2v) is 7.50. The number of fused-ring (bicyclic) bond motifs is 1. The number of hydrogen-bond acceptors (Lipinski definition) is 5. The van der Waals surface area contributed by atoms with Crippen LogP contribution >= 0.6 is 0 Å². The Kier molecular flexibility index (Phi) is 3.69. The molecular formula is C14H15N3O5S. The Balaban J connectivity index is 1.80. The van der Waals surface area contributed by atoms with Crippen molar-refractivity contribution >= 4 is 33.4 Å². The van der Waals surface area contributed by atoms with Gasteiger partial charge in [0.2, 0.25) is 15.9 Å². The van der Waals surface area contributed by atoms with Gasteiger partial charge in [0.05, 0.1) is 17.4 Å². The first-order valence-corrected chi connectivity index (χ1v) is 8.89. The van der Waals surface area contributed by atoms with Gasteiger partial charge in [0, 0.05) is 12.2 Å². The third-order valence-corrected chi connectivity index (χ3v) is 5.22. The van der Waals surface area contributed by atoms with Crippen molar-refractivity contribution in [3.63, 3.8) is 0 Å². The number of amides is 3. The van der Waals surface area contributed by atoms with Gasteiger partial charge >= 0.3 is 0 Å². The van der Waals surface area contributed by atoms with Gasteiger partial charge in [-0.15, -0.1) is 0 Å². The fraction of sp³-hybridized carbons (Fsp3) is 0.357. The summed E-state index contributed by atoms with van der Waals surface area (Å²) < 4.78 is 24.6. The van der Waals surface area contributed by atoms with Crippen LogP contribution < -0.4 is 10.6 Å². The molecule has 1 aromatic carbocycles. The van der Waals surface area contributed by atoms with Crippen LogP contribution in [-0.2, 0) is 14.8 Å². The first-order valence-electron chi connectivity index (χ1n) is 7.05. The topological polar surface area (TPSA) is 113 Å². The van der Waals surface area contributed by atoms with E-state index >= 15 is 0 Å². The highest BCUT2D eigenvalue weighted by molar-refractivity contribution is 7.88. The minimum atomic E-state index is -3.45. The summed E-state index contributed by atoms with van der Waals surface area (Å²) in [5.74, 6) is -1.43. The van der Waals surface area contributed by atoms with Gasteiger partial charge < -0.3 is 5.32 Å². The third kappa shape index (κ3) is 2.84.